The molecule has 0 bridgehead atoms. The number of aromatic nitrogens is 4. The molecule has 0 amide bonds. The number of rotatable bonds is 3. The van der Waals surface area contributed by atoms with Crippen molar-refractivity contribution in [2.45, 2.75) is 18.4 Å². The van der Waals surface area contributed by atoms with E-state index in [1.807, 2.05) is 33.9 Å². The van der Waals surface area contributed by atoms with Crippen LogP contribution >= 0.6 is 0 Å². The highest BCUT2D eigenvalue weighted by molar-refractivity contribution is 5.88. The Morgan fingerprint density at radius 2 is 1.77 bits per heavy atom. The Morgan fingerprint density at radius 1 is 1.00 bits per heavy atom. The maximum Gasteiger partial charge on any atom is 0.229 e. The average molecular weight is 402 g/mol. The number of nitrogens with zero attached hydrogens (tertiary/aromatic N) is 5. The van der Waals surface area contributed by atoms with Crippen molar-refractivity contribution in [2.75, 3.05) is 23.7 Å². The molecule has 0 saturated carbocycles. The zero-order chi connectivity index (χ0) is 20.7. The van der Waals surface area contributed by atoms with Crippen LogP contribution in [0.3, 0.4) is 0 Å². The standard InChI is InChI=1S/C22H22N6O2/c23-19-18-7-11-28(16-2-1-10-24-14-16)20(18)26-21(25-19)27-12-8-22(30,9-13-27)15-3-5-17(29)6-4-15/h1-7,10-11,14,29-30H,8-9,12-13H2,(H2,23,25,26). The zero-order valence-corrected chi connectivity index (χ0v) is 16.3. The van der Waals surface area contributed by atoms with Crippen molar-refractivity contribution in [1.29, 1.82) is 0 Å². The maximum atomic E-state index is 11.1. The number of hydrogen-bond donors (Lipinski definition) is 3. The lowest BCUT2D eigenvalue weighted by molar-refractivity contribution is 0.0115. The third-order valence-electron chi connectivity index (χ3n) is 5.76. The second kappa shape index (κ2) is 7.00. The lowest BCUT2D eigenvalue weighted by Gasteiger charge is -2.38. The molecule has 0 unspecified atom stereocenters. The molecule has 0 atom stereocenters. The van der Waals surface area contributed by atoms with Gasteiger partial charge >= 0.3 is 0 Å². The molecule has 4 N–H and O–H groups in total. The van der Waals surface area contributed by atoms with E-state index in [0.29, 0.717) is 37.7 Å². The number of fused-ring (bicyclic) bond motifs is 1. The van der Waals surface area contributed by atoms with E-state index in [2.05, 4.69) is 9.97 Å². The summed E-state index contributed by atoms with van der Waals surface area (Å²) in [6, 6.07) is 12.5. The van der Waals surface area contributed by atoms with Gasteiger partial charge in [-0.1, -0.05) is 12.1 Å². The van der Waals surface area contributed by atoms with Crippen LogP contribution in [0.15, 0.2) is 61.1 Å². The van der Waals surface area contributed by atoms with Gasteiger partial charge in [0.15, 0.2) is 5.65 Å². The van der Waals surface area contributed by atoms with Gasteiger partial charge in [-0.25, -0.2) is 0 Å². The highest BCUT2D eigenvalue weighted by Gasteiger charge is 2.35. The van der Waals surface area contributed by atoms with Crippen molar-refractivity contribution in [1.82, 2.24) is 19.5 Å². The Balaban J connectivity index is 1.44. The lowest BCUT2D eigenvalue weighted by Crippen LogP contribution is -2.43. The molecule has 1 aromatic carbocycles. The Kier molecular flexibility index (Phi) is 4.29. The van der Waals surface area contributed by atoms with E-state index in [1.54, 1.807) is 36.7 Å². The van der Waals surface area contributed by atoms with Gasteiger partial charge in [-0.2, -0.15) is 9.97 Å². The summed E-state index contributed by atoms with van der Waals surface area (Å²) in [6.07, 6.45) is 6.48. The topological polar surface area (TPSA) is 113 Å². The van der Waals surface area contributed by atoms with E-state index < -0.39 is 5.60 Å². The molecule has 1 aliphatic rings. The number of phenolic OH excluding ortho intramolecular Hbond substituents is 1. The van der Waals surface area contributed by atoms with Crippen molar-refractivity contribution in [2.24, 2.45) is 0 Å². The summed E-state index contributed by atoms with van der Waals surface area (Å²) in [5, 5.41) is 21.4. The minimum Gasteiger partial charge on any atom is -0.508 e. The van der Waals surface area contributed by atoms with Crippen molar-refractivity contribution < 1.29 is 10.2 Å². The molecule has 0 radical (unpaired) electrons. The van der Waals surface area contributed by atoms with E-state index in [9.17, 15) is 10.2 Å². The van der Waals surface area contributed by atoms with Gasteiger partial charge in [0.1, 0.15) is 11.6 Å². The largest absolute Gasteiger partial charge is 0.508 e. The molecule has 30 heavy (non-hydrogen) atoms. The van der Waals surface area contributed by atoms with Crippen LogP contribution < -0.4 is 10.6 Å². The highest BCUT2D eigenvalue weighted by atomic mass is 16.3. The summed E-state index contributed by atoms with van der Waals surface area (Å²) in [6.45, 7) is 1.19. The van der Waals surface area contributed by atoms with E-state index in [1.165, 1.54) is 0 Å². The molecular formula is C22H22N6O2. The zero-order valence-electron chi connectivity index (χ0n) is 16.3. The van der Waals surface area contributed by atoms with Gasteiger partial charge in [-0.15, -0.1) is 0 Å². The summed E-state index contributed by atoms with van der Waals surface area (Å²) in [5.41, 5.74) is 7.73. The monoisotopic (exact) mass is 402 g/mol. The number of benzene rings is 1. The van der Waals surface area contributed by atoms with Gasteiger partial charge in [-0.05, 0) is 48.7 Å². The van der Waals surface area contributed by atoms with Crippen LogP contribution in [-0.2, 0) is 5.60 Å². The molecule has 1 saturated heterocycles. The Labute approximate surface area is 173 Å². The third kappa shape index (κ3) is 3.11. The summed E-state index contributed by atoms with van der Waals surface area (Å²) < 4.78 is 1.95. The predicted octanol–water partition coefficient (Wildman–Crippen LogP) is 2.59. The molecule has 8 heteroatoms. The fraction of sp³-hybridized carbons (Fsp3) is 0.227. The number of nitrogens with two attached hydrogens (primary N) is 1. The summed E-state index contributed by atoms with van der Waals surface area (Å²) >= 11 is 0. The SMILES string of the molecule is Nc1nc(N2CCC(O)(c3ccc(O)cc3)CC2)nc2c1ccn2-c1cccnc1. The molecule has 4 heterocycles. The number of nitrogen functional groups attached to an aromatic ring is 1. The third-order valence-corrected chi connectivity index (χ3v) is 5.76. The number of aromatic hydroxyl groups is 1. The first-order valence-electron chi connectivity index (χ1n) is 9.85. The molecule has 0 spiro atoms. The number of anilines is 2. The first kappa shape index (κ1) is 18.4. The molecule has 4 aromatic rings. The molecule has 1 fully saturated rings. The Bertz CT molecular complexity index is 1180. The van der Waals surface area contributed by atoms with E-state index in [-0.39, 0.29) is 5.75 Å². The number of pyridine rings is 1. The first-order chi connectivity index (χ1) is 14.5. The van der Waals surface area contributed by atoms with Crippen molar-refractivity contribution in [3.8, 4) is 11.4 Å². The lowest BCUT2D eigenvalue weighted by atomic mass is 9.84. The van der Waals surface area contributed by atoms with E-state index >= 15 is 0 Å². The van der Waals surface area contributed by atoms with Gasteiger partial charge in [0.2, 0.25) is 5.95 Å². The van der Waals surface area contributed by atoms with Gasteiger partial charge in [0.05, 0.1) is 22.9 Å². The van der Waals surface area contributed by atoms with Gasteiger partial charge < -0.3 is 20.8 Å². The van der Waals surface area contributed by atoms with Gasteiger partial charge in [0.25, 0.3) is 0 Å². The average Bonchev–Trinajstić information content (AvgIpc) is 3.20. The van der Waals surface area contributed by atoms with E-state index in [4.69, 9.17) is 10.7 Å². The molecule has 1 aliphatic heterocycles. The predicted molar refractivity (Wildman–Crippen MR) is 115 cm³/mol. The second-order valence-corrected chi connectivity index (χ2v) is 7.61. The molecular weight excluding hydrogens is 380 g/mol. The summed E-state index contributed by atoms with van der Waals surface area (Å²) in [5.74, 6) is 1.17. The van der Waals surface area contributed by atoms with Crippen LogP contribution in [0.2, 0.25) is 0 Å². The quantitative estimate of drug-likeness (QED) is 0.483. The van der Waals surface area contributed by atoms with Crippen LogP contribution in [0.5, 0.6) is 5.75 Å². The minimum absolute atomic E-state index is 0.189. The van der Waals surface area contributed by atoms with Crippen LogP contribution in [0.4, 0.5) is 11.8 Å². The Morgan fingerprint density at radius 3 is 2.47 bits per heavy atom. The normalized spacial score (nSPS) is 16.1. The molecule has 3 aromatic heterocycles. The van der Waals surface area contributed by atoms with Crippen molar-refractivity contribution >= 4 is 22.8 Å². The molecule has 5 rings (SSSR count). The maximum absolute atomic E-state index is 11.1. The van der Waals surface area contributed by atoms with E-state index in [0.717, 1.165) is 22.3 Å². The highest BCUT2D eigenvalue weighted by Crippen LogP contribution is 2.35. The van der Waals surface area contributed by atoms with Gasteiger partial charge in [-0.3, -0.25) is 9.55 Å². The van der Waals surface area contributed by atoms with Crippen LogP contribution in [0.1, 0.15) is 18.4 Å². The molecule has 0 aliphatic carbocycles. The smallest absolute Gasteiger partial charge is 0.229 e. The number of phenols is 1. The van der Waals surface area contributed by atoms with Crippen LogP contribution in [0, 0.1) is 0 Å². The fourth-order valence-electron chi connectivity index (χ4n) is 4.01. The summed E-state index contributed by atoms with van der Waals surface area (Å²) in [7, 11) is 0. The fourth-order valence-corrected chi connectivity index (χ4v) is 4.01. The van der Waals surface area contributed by atoms with Crippen LogP contribution in [-0.4, -0.2) is 42.8 Å². The van der Waals surface area contributed by atoms with Gasteiger partial charge in [0, 0.05) is 25.5 Å². The van der Waals surface area contributed by atoms with Crippen LogP contribution in [0.25, 0.3) is 16.7 Å². The van der Waals surface area contributed by atoms with Crippen molar-refractivity contribution in [3.05, 3.63) is 66.6 Å². The first-order valence-corrected chi connectivity index (χ1v) is 9.85. The Hall–Kier alpha value is -3.65. The second-order valence-electron chi connectivity index (χ2n) is 7.61. The minimum atomic E-state index is -0.935. The number of piperidine rings is 1. The van der Waals surface area contributed by atoms with Crippen molar-refractivity contribution in [3.63, 3.8) is 0 Å². The number of aliphatic hydroxyl groups is 1. The molecule has 8 nitrogen and oxygen atoms in total. The summed E-state index contributed by atoms with van der Waals surface area (Å²) in [4.78, 5) is 15.5. The molecule has 152 valence electrons. The number of hydrogen-bond acceptors (Lipinski definition) is 7.